The van der Waals surface area contributed by atoms with Crippen LogP contribution in [0.3, 0.4) is 0 Å². The van der Waals surface area contributed by atoms with E-state index in [0.717, 1.165) is 6.41 Å². The number of likely N-dealkylation sites (tertiary alicyclic amines) is 1. The number of amides is 2. The van der Waals surface area contributed by atoms with E-state index in [1.165, 1.54) is 6.07 Å². The number of nitrogens with zero attached hydrogens (tertiary/aromatic N) is 1. The zero-order valence-electron chi connectivity index (χ0n) is 16.1. The average Bonchev–Trinajstić information content (AvgIpc) is 2.93. The number of halogens is 1. The van der Waals surface area contributed by atoms with Crippen molar-refractivity contribution in [3.8, 4) is 16.9 Å². The van der Waals surface area contributed by atoms with Gasteiger partial charge in [0.2, 0.25) is 12.3 Å². The first-order valence-electron chi connectivity index (χ1n) is 9.62. The van der Waals surface area contributed by atoms with E-state index in [-0.39, 0.29) is 37.3 Å². The standard InChI is InChI=1S/C22H23FN2O4/c1-14-10-22(12-29-11-20(28)24-22)19(25(14)13-26)9-15-5-4-7-17(21(15)23)16-6-2-3-8-18(16)27/h2-8,13-14,19,27H,9-12H2,1H3,(H,24,28). The van der Waals surface area contributed by atoms with Crippen LogP contribution in [0.1, 0.15) is 18.9 Å². The van der Waals surface area contributed by atoms with E-state index in [1.807, 2.05) is 6.92 Å². The molecule has 2 aromatic carbocycles. The second kappa shape index (κ2) is 7.48. The van der Waals surface area contributed by atoms with Crippen LogP contribution >= 0.6 is 0 Å². The molecular weight excluding hydrogens is 375 g/mol. The summed E-state index contributed by atoms with van der Waals surface area (Å²) < 4.78 is 20.9. The Morgan fingerprint density at radius 1 is 1.28 bits per heavy atom. The third kappa shape index (κ3) is 3.35. The van der Waals surface area contributed by atoms with Gasteiger partial charge in [0.1, 0.15) is 18.2 Å². The van der Waals surface area contributed by atoms with Crippen molar-refractivity contribution < 1.29 is 23.8 Å². The van der Waals surface area contributed by atoms with Crippen LogP contribution in [0, 0.1) is 5.82 Å². The molecule has 0 aliphatic carbocycles. The summed E-state index contributed by atoms with van der Waals surface area (Å²) in [5.41, 5.74) is 0.369. The van der Waals surface area contributed by atoms with Gasteiger partial charge in [0.15, 0.2) is 0 Å². The van der Waals surface area contributed by atoms with Crippen molar-refractivity contribution in [1.82, 2.24) is 10.2 Å². The van der Waals surface area contributed by atoms with Crippen molar-refractivity contribution in [3.63, 3.8) is 0 Å². The Morgan fingerprint density at radius 3 is 2.76 bits per heavy atom. The maximum Gasteiger partial charge on any atom is 0.246 e. The number of morpholine rings is 1. The van der Waals surface area contributed by atoms with E-state index in [1.54, 1.807) is 41.3 Å². The van der Waals surface area contributed by atoms with Gasteiger partial charge in [0.05, 0.1) is 18.2 Å². The quantitative estimate of drug-likeness (QED) is 0.775. The van der Waals surface area contributed by atoms with Crippen LogP contribution in [-0.2, 0) is 20.7 Å². The SMILES string of the molecule is CC1CC2(COCC(=O)N2)C(Cc2cccc(-c3ccccc3O)c2F)N1C=O. The molecular formula is C22H23FN2O4. The molecule has 2 amide bonds. The number of phenolic OH excluding ortho intramolecular Hbond substituents is 1. The smallest absolute Gasteiger partial charge is 0.246 e. The molecule has 2 aliphatic heterocycles. The number of hydrogen-bond acceptors (Lipinski definition) is 4. The van der Waals surface area contributed by atoms with E-state index >= 15 is 4.39 Å². The first kappa shape index (κ1) is 19.4. The molecule has 0 saturated carbocycles. The highest BCUT2D eigenvalue weighted by Crippen LogP contribution is 2.38. The lowest BCUT2D eigenvalue weighted by Crippen LogP contribution is -2.63. The molecule has 2 aromatic rings. The van der Waals surface area contributed by atoms with Gasteiger partial charge in [-0.25, -0.2) is 4.39 Å². The van der Waals surface area contributed by atoms with Crippen LogP contribution in [0.4, 0.5) is 4.39 Å². The molecule has 6 nitrogen and oxygen atoms in total. The number of benzene rings is 2. The Balaban J connectivity index is 1.72. The summed E-state index contributed by atoms with van der Waals surface area (Å²) in [6.45, 7) is 2.17. The average molecular weight is 398 g/mol. The van der Waals surface area contributed by atoms with Crippen molar-refractivity contribution in [2.75, 3.05) is 13.2 Å². The van der Waals surface area contributed by atoms with Gasteiger partial charge in [-0.05, 0) is 31.4 Å². The molecule has 2 heterocycles. The van der Waals surface area contributed by atoms with E-state index in [0.29, 0.717) is 23.1 Å². The van der Waals surface area contributed by atoms with Crippen molar-refractivity contribution in [3.05, 3.63) is 53.8 Å². The summed E-state index contributed by atoms with van der Waals surface area (Å²) in [7, 11) is 0. The van der Waals surface area contributed by atoms with Gasteiger partial charge in [-0.2, -0.15) is 0 Å². The Hall–Kier alpha value is -2.93. The second-order valence-electron chi connectivity index (χ2n) is 7.82. The summed E-state index contributed by atoms with van der Waals surface area (Å²) in [5, 5.41) is 13.1. The number of aromatic hydroxyl groups is 1. The molecule has 2 aliphatic rings. The largest absolute Gasteiger partial charge is 0.507 e. The summed E-state index contributed by atoms with van der Waals surface area (Å²) >= 11 is 0. The number of para-hydroxylation sites is 1. The van der Waals surface area contributed by atoms with E-state index < -0.39 is 17.4 Å². The minimum absolute atomic E-state index is 0.00280. The van der Waals surface area contributed by atoms with Gasteiger partial charge >= 0.3 is 0 Å². The highest BCUT2D eigenvalue weighted by Gasteiger charge is 2.53. The number of carbonyl (C=O) groups excluding carboxylic acids is 2. The number of ether oxygens (including phenoxy) is 1. The Bertz CT molecular complexity index is 950. The van der Waals surface area contributed by atoms with Gasteiger partial charge in [0.25, 0.3) is 0 Å². The molecule has 29 heavy (non-hydrogen) atoms. The minimum Gasteiger partial charge on any atom is -0.507 e. The number of rotatable bonds is 4. The lowest BCUT2D eigenvalue weighted by Gasteiger charge is -2.40. The molecule has 3 atom stereocenters. The molecule has 7 heteroatoms. The molecule has 2 saturated heterocycles. The van der Waals surface area contributed by atoms with Crippen LogP contribution in [0.5, 0.6) is 5.75 Å². The van der Waals surface area contributed by atoms with E-state index in [4.69, 9.17) is 4.74 Å². The maximum atomic E-state index is 15.4. The summed E-state index contributed by atoms with van der Waals surface area (Å²) in [6, 6.07) is 11.1. The zero-order chi connectivity index (χ0) is 20.6. The first-order valence-corrected chi connectivity index (χ1v) is 9.62. The number of hydrogen-bond donors (Lipinski definition) is 2. The highest BCUT2D eigenvalue weighted by atomic mass is 19.1. The Kier molecular flexibility index (Phi) is 5.00. The minimum atomic E-state index is -0.743. The fourth-order valence-corrected chi connectivity index (χ4v) is 4.66. The van der Waals surface area contributed by atoms with Crippen LogP contribution in [0.15, 0.2) is 42.5 Å². The third-order valence-electron chi connectivity index (χ3n) is 5.96. The van der Waals surface area contributed by atoms with Crippen molar-refractivity contribution >= 4 is 12.3 Å². The normalized spacial score (nSPS) is 26.6. The van der Waals surface area contributed by atoms with Gasteiger partial charge in [-0.15, -0.1) is 0 Å². The van der Waals surface area contributed by atoms with Gasteiger partial charge in [0, 0.05) is 17.2 Å². The van der Waals surface area contributed by atoms with Crippen LogP contribution < -0.4 is 5.32 Å². The molecule has 3 unspecified atom stereocenters. The molecule has 4 rings (SSSR count). The molecule has 152 valence electrons. The molecule has 0 aromatic heterocycles. The lowest BCUT2D eigenvalue weighted by molar-refractivity contribution is -0.137. The zero-order valence-corrected chi connectivity index (χ0v) is 16.1. The predicted octanol–water partition coefficient (Wildman–Crippen LogP) is 2.25. The summed E-state index contributed by atoms with van der Waals surface area (Å²) in [4.78, 5) is 25.5. The van der Waals surface area contributed by atoms with E-state index in [2.05, 4.69) is 5.32 Å². The van der Waals surface area contributed by atoms with Crippen molar-refractivity contribution in [2.45, 2.75) is 37.4 Å². The van der Waals surface area contributed by atoms with Crippen LogP contribution in [0.25, 0.3) is 11.1 Å². The van der Waals surface area contributed by atoms with Gasteiger partial charge in [-0.1, -0.05) is 36.4 Å². The highest BCUT2D eigenvalue weighted by molar-refractivity contribution is 5.79. The van der Waals surface area contributed by atoms with Crippen LogP contribution in [-0.4, -0.2) is 53.2 Å². The van der Waals surface area contributed by atoms with Crippen molar-refractivity contribution in [2.24, 2.45) is 0 Å². The predicted molar refractivity (Wildman–Crippen MR) is 105 cm³/mol. The maximum absolute atomic E-state index is 15.4. The lowest BCUT2D eigenvalue weighted by atomic mass is 9.84. The fraction of sp³-hybridized carbons (Fsp3) is 0.364. The summed E-state index contributed by atoms with van der Waals surface area (Å²) in [5.74, 6) is -0.681. The van der Waals surface area contributed by atoms with Crippen molar-refractivity contribution in [1.29, 1.82) is 0 Å². The summed E-state index contributed by atoms with van der Waals surface area (Å²) in [6.07, 6.45) is 1.53. The number of nitrogens with one attached hydrogen (secondary N) is 1. The Labute approximate surface area is 168 Å². The molecule has 1 spiro atoms. The topological polar surface area (TPSA) is 78.9 Å². The first-order chi connectivity index (χ1) is 13.9. The number of phenols is 1. The van der Waals surface area contributed by atoms with E-state index in [9.17, 15) is 14.7 Å². The Morgan fingerprint density at radius 2 is 2.03 bits per heavy atom. The van der Waals surface area contributed by atoms with Crippen LogP contribution in [0.2, 0.25) is 0 Å². The number of carbonyl (C=O) groups is 2. The second-order valence-corrected chi connectivity index (χ2v) is 7.82. The fourth-order valence-electron chi connectivity index (χ4n) is 4.66. The third-order valence-corrected chi connectivity index (χ3v) is 5.96. The van der Waals surface area contributed by atoms with Gasteiger partial charge in [-0.3, -0.25) is 9.59 Å². The van der Waals surface area contributed by atoms with Gasteiger partial charge < -0.3 is 20.1 Å². The molecule has 2 N–H and O–H groups in total. The molecule has 0 bridgehead atoms. The molecule has 2 fully saturated rings. The molecule has 0 radical (unpaired) electrons. The monoisotopic (exact) mass is 398 g/mol.